The summed E-state index contributed by atoms with van der Waals surface area (Å²) in [4.78, 5) is 11.3. The van der Waals surface area contributed by atoms with E-state index >= 15 is 0 Å². The molecule has 0 radical (unpaired) electrons. The molecule has 0 aliphatic carbocycles. The summed E-state index contributed by atoms with van der Waals surface area (Å²) in [5.41, 5.74) is 1.69. The van der Waals surface area contributed by atoms with Gasteiger partial charge in [-0.15, -0.1) is 0 Å². The molecule has 1 aliphatic rings. The first-order valence-electron chi connectivity index (χ1n) is 8.21. The van der Waals surface area contributed by atoms with Gasteiger partial charge in [0.25, 0.3) is 0 Å². The molecular weight excluding hydrogens is 359 g/mol. The second kappa shape index (κ2) is 6.83. The Morgan fingerprint density at radius 2 is 2.20 bits per heavy atom. The Bertz CT molecular complexity index is 898. The van der Waals surface area contributed by atoms with Crippen molar-refractivity contribution >= 4 is 39.9 Å². The summed E-state index contributed by atoms with van der Waals surface area (Å²) in [7, 11) is 1.73. The molecule has 0 unspecified atom stereocenters. The fourth-order valence-corrected chi connectivity index (χ4v) is 3.83. The lowest BCUT2D eigenvalue weighted by Crippen LogP contribution is -2.33. The van der Waals surface area contributed by atoms with Crippen molar-refractivity contribution in [1.29, 1.82) is 0 Å². The summed E-state index contributed by atoms with van der Waals surface area (Å²) < 4.78 is 7.35. The van der Waals surface area contributed by atoms with Crippen LogP contribution in [-0.4, -0.2) is 40.8 Å². The van der Waals surface area contributed by atoms with Crippen molar-refractivity contribution in [2.75, 3.05) is 25.2 Å². The molecule has 1 saturated heterocycles. The Balaban J connectivity index is 1.92. The third-order valence-electron chi connectivity index (χ3n) is 4.65. The summed E-state index contributed by atoms with van der Waals surface area (Å²) in [6.07, 6.45) is 7.66. The lowest BCUT2D eigenvalue weighted by Gasteiger charge is -2.26. The van der Waals surface area contributed by atoms with E-state index in [0.29, 0.717) is 28.2 Å². The summed E-state index contributed by atoms with van der Waals surface area (Å²) in [6.45, 7) is 1.64. The van der Waals surface area contributed by atoms with Gasteiger partial charge in [-0.3, -0.25) is 0 Å². The largest absolute Gasteiger partial charge is 0.383 e. The minimum atomic E-state index is 0.323. The lowest BCUT2D eigenvalue weighted by molar-refractivity contribution is 0.180. The molecule has 0 saturated carbocycles. The normalized spacial score (nSPS) is 17.6. The molecule has 0 N–H and O–H groups in total. The molecule has 130 valence electrons. The molecule has 1 aromatic carbocycles. The lowest BCUT2D eigenvalue weighted by atomic mass is 10.1. The number of hydrogen-bond donors (Lipinski definition) is 0. The first-order valence-corrected chi connectivity index (χ1v) is 8.97. The van der Waals surface area contributed by atoms with Crippen LogP contribution in [0.2, 0.25) is 10.0 Å². The minimum Gasteiger partial charge on any atom is -0.383 e. The van der Waals surface area contributed by atoms with Crippen molar-refractivity contribution in [3.63, 3.8) is 0 Å². The van der Waals surface area contributed by atoms with Crippen LogP contribution in [0.5, 0.6) is 0 Å². The first kappa shape index (κ1) is 16.6. The maximum absolute atomic E-state index is 6.47. The summed E-state index contributed by atoms with van der Waals surface area (Å²) in [5.74, 6) is 0.889. The molecular formula is C18H18Cl2N4O. The van der Waals surface area contributed by atoms with Crippen molar-refractivity contribution in [3.05, 3.63) is 47.0 Å². The Hall–Kier alpha value is -1.82. The zero-order valence-corrected chi connectivity index (χ0v) is 15.3. The number of anilines is 1. The van der Waals surface area contributed by atoms with Gasteiger partial charge in [0.2, 0.25) is 0 Å². The quantitative estimate of drug-likeness (QED) is 0.678. The smallest absolute Gasteiger partial charge is 0.131 e. The van der Waals surface area contributed by atoms with Gasteiger partial charge in [0.1, 0.15) is 5.82 Å². The predicted molar refractivity (Wildman–Crippen MR) is 101 cm³/mol. The molecule has 1 atom stereocenters. The molecule has 0 bridgehead atoms. The average Bonchev–Trinajstić information content (AvgIpc) is 3.29. The third-order valence-corrected chi connectivity index (χ3v) is 5.44. The van der Waals surface area contributed by atoms with Crippen LogP contribution >= 0.6 is 23.2 Å². The van der Waals surface area contributed by atoms with Gasteiger partial charge in [-0.25, -0.2) is 9.97 Å². The Morgan fingerprint density at radius 1 is 1.32 bits per heavy atom. The SMILES string of the molecule is COC[C@@H]1CCCN1c1cc(-n2ccnc2)c2ccc(Cl)c(Cl)c2n1. The van der Waals surface area contributed by atoms with Crippen molar-refractivity contribution in [3.8, 4) is 5.69 Å². The van der Waals surface area contributed by atoms with Gasteiger partial charge in [-0.2, -0.15) is 0 Å². The van der Waals surface area contributed by atoms with Crippen LogP contribution in [0.25, 0.3) is 16.6 Å². The molecule has 1 aliphatic heterocycles. The number of nitrogens with zero attached hydrogens (tertiary/aromatic N) is 4. The van der Waals surface area contributed by atoms with E-state index in [4.69, 9.17) is 32.9 Å². The zero-order valence-electron chi connectivity index (χ0n) is 13.8. The Kier molecular flexibility index (Phi) is 4.54. The van der Waals surface area contributed by atoms with Gasteiger partial charge in [0.15, 0.2) is 0 Å². The number of pyridine rings is 1. The number of rotatable bonds is 4. The number of methoxy groups -OCH3 is 1. The monoisotopic (exact) mass is 376 g/mol. The molecule has 2 aromatic heterocycles. The standard InChI is InChI=1S/C18H18Cl2N4O/c1-25-10-12-3-2-7-24(12)16-9-15(23-8-6-21-11-23)13-4-5-14(19)17(20)18(13)22-16/h4-6,8-9,11-12H,2-3,7,10H2,1H3/t12-/m0/s1. The highest BCUT2D eigenvalue weighted by atomic mass is 35.5. The van der Waals surface area contributed by atoms with E-state index in [1.807, 2.05) is 16.8 Å². The molecule has 5 nitrogen and oxygen atoms in total. The maximum atomic E-state index is 6.47. The highest BCUT2D eigenvalue weighted by Crippen LogP contribution is 2.36. The van der Waals surface area contributed by atoms with Crippen LogP contribution < -0.4 is 4.90 Å². The number of hydrogen-bond acceptors (Lipinski definition) is 4. The molecule has 7 heteroatoms. The fraction of sp³-hybridized carbons (Fsp3) is 0.333. The molecule has 25 heavy (non-hydrogen) atoms. The number of aromatic nitrogens is 3. The first-order chi connectivity index (χ1) is 12.2. The zero-order chi connectivity index (χ0) is 17.4. The van der Waals surface area contributed by atoms with E-state index in [1.165, 1.54) is 0 Å². The molecule has 0 amide bonds. The molecule has 4 rings (SSSR count). The van der Waals surface area contributed by atoms with Crippen LogP contribution in [0.1, 0.15) is 12.8 Å². The molecule has 0 spiro atoms. The topological polar surface area (TPSA) is 43.2 Å². The second-order valence-electron chi connectivity index (χ2n) is 6.17. The van der Waals surface area contributed by atoms with Crippen molar-refractivity contribution in [1.82, 2.24) is 14.5 Å². The van der Waals surface area contributed by atoms with Crippen LogP contribution in [0.4, 0.5) is 5.82 Å². The van der Waals surface area contributed by atoms with Gasteiger partial charge in [-0.1, -0.05) is 23.2 Å². The van der Waals surface area contributed by atoms with E-state index in [-0.39, 0.29) is 0 Å². The van der Waals surface area contributed by atoms with Crippen molar-refractivity contribution in [2.24, 2.45) is 0 Å². The van der Waals surface area contributed by atoms with Crippen LogP contribution in [-0.2, 0) is 4.74 Å². The number of benzene rings is 1. The van der Waals surface area contributed by atoms with Crippen LogP contribution in [0.15, 0.2) is 36.9 Å². The Labute approximate surface area is 156 Å². The fourth-order valence-electron chi connectivity index (χ4n) is 3.47. The number of halogens is 2. The van der Waals surface area contributed by atoms with Gasteiger partial charge < -0.3 is 14.2 Å². The Morgan fingerprint density at radius 3 is 2.96 bits per heavy atom. The molecule has 3 heterocycles. The van der Waals surface area contributed by atoms with E-state index < -0.39 is 0 Å². The number of fused-ring (bicyclic) bond motifs is 1. The van der Waals surface area contributed by atoms with E-state index in [1.54, 1.807) is 25.7 Å². The van der Waals surface area contributed by atoms with Gasteiger partial charge in [0.05, 0.1) is 40.2 Å². The van der Waals surface area contributed by atoms with Crippen LogP contribution in [0, 0.1) is 0 Å². The second-order valence-corrected chi connectivity index (χ2v) is 6.96. The average molecular weight is 377 g/mol. The minimum absolute atomic E-state index is 0.323. The highest BCUT2D eigenvalue weighted by molar-refractivity contribution is 6.45. The van der Waals surface area contributed by atoms with E-state index in [2.05, 4.69) is 16.0 Å². The van der Waals surface area contributed by atoms with Crippen LogP contribution in [0.3, 0.4) is 0 Å². The van der Waals surface area contributed by atoms with E-state index in [0.717, 1.165) is 36.3 Å². The third kappa shape index (κ3) is 2.97. The highest BCUT2D eigenvalue weighted by Gasteiger charge is 2.27. The van der Waals surface area contributed by atoms with Gasteiger partial charge >= 0.3 is 0 Å². The van der Waals surface area contributed by atoms with E-state index in [9.17, 15) is 0 Å². The summed E-state index contributed by atoms with van der Waals surface area (Å²) >= 11 is 12.7. The van der Waals surface area contributed by atoms with Crippen molar-refractivity contribution in [2.45, 2.75) is 18.9 Å². The predicted octanol–water partition coefficient (Wildman–Crippen LogP) is 4.34. The number of ether oxygens (including phenoxy) is 1. The van der Waals surface area contributed by atoms with Gasteiger partial charge in [0, 0.05) is 37.5 Å². The van der Waals surface area contributed by atoms with Gasteiger partial charge in [-0.05, 0) is 25.0 Å². The maximum Gasteiger partial charge on any atom is 0.131 e. The summed E-state index contributed by atoms with van der Waals surface area (Å²) in [6, 6.07) is 6.16. The summed E-state index contributed by atoms with van der Waals surface area (Å²) in [5, 5.41) is 1.92. The molecule has 1 fully saturated rings. The van der Waals surface area contributed by atoms with Crippen molar-refractivity contribution < 1.29 is 4.74 Å². The number of imidazole rings is 1. The molecule has 3 aromatic rings.